The van der Waals surface area contributed by atoms with Gasteiger partial charge in [-0.15, -0.1) is 0 Å². The Hall–Kier alpha value is -2.99. The summed E-state index contributed by atoms with van der Waals surface area (Å²) >= 11 is 6.07. The topological polar surface area (TPSA) is 48.0 Å². The fourth-order valence-corrected chi connectivity index (χ4v) is 3.46. The van der Waals surface area contributed by atoms with Crippen molar-refractivity contribution in [3.05, 3.63) is 82.1 Å². The summed E-state index contributed by atoms with van der Waals surface area (Å²) < 4.78 is 43.0. The van der Waals surface area contributed by atoms with Crippen molar-refractivity contribution in [1.82, 2.24) is 4.57 Å². The van der Waals surface area contributed by atoms with Gasteiger partial charge in [-0.25, -0.2) is 13.2 Å². The van der Waals surface area contributed by atoms with Crippen molar-refractivity contribution in [2.45, 2.75) is 6.54 Å². The van der Waals surface area contributed by atoms with Gasteiger partial charge in [0, 0.05) is 33.0 Å². The van der Waals surface area contributed by atoms with Crippen LogP contribution in [0.1, 0.15) is 15.9 Å². The predicted octanol–water partition coefficient (Wildman–Crippen LogP) is 4.81. The monoisotopic (exact) mass is 387 g/mol. The number of amides is 1. The van der Waals surface area contributed by atoms with Crippen LogP contribution in [0.4, 0.5) is 13.2 Å². The number of primary amides is 1. The van der Waals surface area contributed by atoms with E-state index in [1.54, 1.807) is 28.8 Å². The second kappa shape index (κ2) is 6.32. The molecule has 7 heteroatoms. The van der Waals surface area contributed by atoms with Gasteiger partial charge in [0.25, 0.3) is 0 Å². The van der Waals surface area contributed by atoms with E-state index in [0.717, 1.165) is 6.07 Å². The molecule has 0 aliphatic heterocycles. The van der Waals surface area contributed by atoms with Crippen molar-refractivity contribution in [3.8, 4) is 0 Å². The molecule has 0 aliphatic rings. The fourth-order valence-electron chi connectivity index (χ4n) is 3.30. The number of nitrogens with two attached hydrogens (primary N) is 1. The van der Waals surface area contributed by atoms with Crippen LogP contribution in [0.15, 0.2) is 42.5 Å². The summed E-state index contributed by atoms with van der Waals surface area (Å²) in [5, 5.41) is 1.45. The molecular formula is C20H11ClF3N2O. The van der Waals surface area contributed by atoms with E-state index >= 15 is 0 Å². The highest BCUT2D eigenvalue weighted by Crippen LogP contribution is 2.34. The zero-order chi connectivity index (χ0) is 19.3. The summed E-state index contributed by atoms with van der Waals surface area (Å²) in [7, 11) is 0. The van der Waals surface area contributed by atoms with Crippen LogP contribution in [0.25, 0.3) is 21.8 Å². The summed E-state index contributed by atoms with van der Waals surface area (Å²) in [4.78, 5) is 11.9. The average molecular weight is 388 g/mol. The summed E-state index contributed by atoms with van der Waals surface area (Å²) in [5.74, 6) is -3.92. The van der Waals surface area contributed by atoms with Gasteiger partial charge in [0.15, 0.2) is 11.6 Å². The number of carbonyl (C=O) groups excluding carboxylic acids is 1. The Morgan fingerprint density at radius 1 is 1.15 bits per heavy atom. The molecule has 1 aromatic heterocycles. The second-order valence-electron chi connectivity index (χ2n) is 6.09. The molecule has 2 N–H and O–H groups in total. The van der Waals surface area contributed by atoms with Gasteiger partial charge >= 0.3 is 0 Å². The number of nitrogens with zero attached hydrogens (tertiary/aromatic N) is 1. The van der Waals surface area contributed by atoms with E-state index in [9.17, 15) is 18.0 Å². The Kier molecular flexibility index (Phi) is 4.08. The van der Waals surface area contributed by atoms with Gasteiger partial charge in [-0.2, -0.15) is 0 Å². The first-order chi connectivity index (χ1) is 12.9. The Bertz CT molecular complexity index is 1230. The van der Waals surface area contributed by atoms with E-state index in [-0.39, 0.29) is 17.7 Å². The van der Waals surface area contributed by atoms with Gasteiger partial charge in [-0.3, -0.25) is 4.79 Å². The maximum Gasteiger partial charge on any atom is 0.249 e. The summed E-state index contributed by atoms with van der Waals surface area (Å²) in [5.41, 5.74) is 6.66. The number of aromatic nitrogens is 1. The second-order valence-corrected chi connectivity index (χ2v) is 6.53. The van der Waals surface area contributed by atoms with Crippen LogP contribution < -0.4 is 5.73 Å². The molecule has 135 valence electrons. The molecule has 0 saturated carbocycles. The number of halogens is 4. The standard InChI is InChI=1S/C20H11ClF3N2O/c21-11-4-5-13-17(7-11)26(9-10-6-12(22)8-15(23)19(10)24)16-3-1-2-14(18(13)16)20(25)27/h1-4,6-8H,9H2,(H2,25,27). The molecule has 1 amide bonds. The highest BCUT2D eigenvalue weighted by molar-refractivity contribution is 6.31. The number of fused-ring (bicyclic) bond motifs is 3. The first-order valence-electron chi connectivity index (χ1n) is 7.92. The van der Waals surface area contributed by atoms with Crippen molar-refractivity contribution in [3.63, 3.8) is 0 Å². The molecule has 4 rings (SSSR count). The van der Waals surface area contributed by atoms with Crippen LogP contribution in [-0.2, 0) is 6.54 Å². The number of rotatable bonds is 3. The minimum absolute atomic E-state index is 0.170. The lowest BCUT2D eigenvalue weighted by atomic mass is 10.1. The number of carbonyl (C=O) groups is 1. The van der Waals surface area contributed by atoms with Crippen molar-refractivity contribution >= 4 is 39.3 Å². The predicted molar refractivity (Wildman–Crippen MR) is 97.2 cm³/mol. The lowest BCUT2D eigenvalue weighted by molar-refractivity contribution is 0.100. The molecule has 4 aromatic rings. The highest BCUT2D eigenvalue weighted by atomic mass is 35.5. The van der Waals surface area contributed by atoms with E-state index in [1.165, 1.54) is 6.07 Å². The van der Waals surface area contributed by atoms with Gasteiger partial charge in [0.2, 0.25) is 5.91 Å². The van der Waals surface area contributed by atoms with E-state index in [2.05, 4.69) is 6.07 Å². The first kappa shape index (κ1) is 17.4. The van der Waals surface area contributed by atoms with Gasteiger partial charge < -0.3 is 10.3 Å². The van der Waals surface area contributed by atoms with Crippen molar-refractivity contribution in [2.24, 2.45) is 5.73 Å². The SMILES string of the molecule is NC(=O)c1cccc2c1c1[c]cc(Cl)cc1n2Cc1cc(F)cc(F)c1F. The third-order valence-corrected chi connectivity index (χ3v) is 4.64. The summed E-state index contributed by atoms with van der Waals surface area (Å²) in [6, 6.07) is 12.5. The van der Waals surface area contributed by atoms with Gasteiger partial charge in [0.1, 0.15) is 5.82 Å². The van der Waals surface area contributed by atoms with Crippen LogP contribution in [0, 0.1) is 23.5 Å². The lowest BCUT2D eigenvalue weighted by Crippen LogP contribution is -2.11. The maximum atomic E-state index is 14.2. The van der Waals surface area contributed by atoms with Gasteiger partial charge in [-0.05, 0) is 36.4 Å². The first-order valence-corrected chi connectivity index (χ1v) is 8.30. The van der Waals surface area contributed by atoms with Gasteiger partial charge in [0.05, 0.1) is 17.6 Å². The van der Waals surface area contributed by atoms with Crippen LogP contribution in [0.3, 0.4) is 0 Å². The normalized spacial score (nSPS) is 11.4. The van der Waals surface area contributed by atoms with Crippen LogP contribution in [-0.4, -0.2) is 10.5 Å². The molecule has 1 heterocycles. The Morgan fingerprint density at radius 2 is 1.93 bits per heavy atom. The molecule has 0 spiro atoms. The molecule has 0 aliphatic carbocycles. The van der Waals surface area contributed by atoms with E-state index in [4.69, 9.17) is 17.3 Å². The quantitative estimate of drug-likeness (QED) is 0.504. The molecule has 0 bridgehead atoms. The number of hydrogen-bond donors (Lipinski definition) is 1. The molecule has 1 radical (unpaired) electrons. The minimum atomic E-state index is -1.27. The van der Waals surface area contributed by atoms with E-state index < -0.39 is 23.4 Å². The molecule has 3 aromatic carbocycles. The summed E-state index contributed by atoms with van der Waals surface area (Å²) in [6.45, 7) is -0.170. The van der Waals surface area contributed by atoms with Gasteiger partial charge in [-0.1, -0.05) is 17.7 Å². The third-order valence-electron chi connectivity index (χ3n) is 4.42. The Balaban J connectivity index is 2.06. The summed E-state index contributed by atoms with van der Waals surface area (Å²) in [6.07, 6.45) is 0. The van der Waals surface area contributed by atoms with Crippen molar-refractivity contribution in [1.29, 1.82) is 0 Å². The van der Waals surface area contributed by atoms with Crippen LogP contribution >= 0.6 is 11.6 Å². The van der Waals surface area contributed by atoms with E-state index in [1.807, 2.05) is 0 Å². The molecule has 3 nitrogen and oxygen atoms in total. The minimum Gasteiger partial charge on any atom is -0.366 e. The molecule has 27 heavy (non-hydrogen) atoms. The smallest absolute Gasteiger partial charge is 0.249 e. The molecular weight excluding hydrogens is 377 g/mol. The largest absolute Gasteiger partial charge is 0.366 e. The Morgan fingerprint density at radius 3 is 2.67 bits per heavy atom. The Labute approximate surface area is 156 Å². The highest BCUT2D eigenvalue weighted by Gasteiger charge is 2.19. The average Bonchev–Trinajstić information content (AvgIpc) is 2.92. The molecule has 0 atom stereocenters. The molecule has 0 fully saturated rings. The van der Waals surface area contributed by atoms with Crippen molar-refractivity contribution in [2.75, 3.05) is 0 Å². The van der Waals surface area contributed by atoms with Crippen LogP contribution in [0.2, 0.25) is 5.02 Å². The fraction of sp³-hybridized carbons (Fsp3) is 0.0500. The number of benzene rings is 3. The van der Waals surface area contributed by atoms with Crippen molar-refractivity contribution < 1.29 is 18.0 Å². The third kappa shape index (κ3) is 2.82. The maximum absolute atomic E-state index is 14.2. The molecule has 0 saturated heterocycles. The van der Waals surface area contributed by atoms with Crippen LogP contribution in [0.5, 0.6) is 0 Å². The lowest BCUT2D eigenvalue weighted by Gasteiger charge is -2.10. The zero-order valence-corrected chi connectivity index (χ0v) is 14.4. The molecule has 0 unspecified atom stereocenters. The number of hydrogen-bond acceptors (Lipinski definition) is 1. The van der Waals surface area contributed by atoms with E-state index in [0.29, 0.717) is 32.9 Å². The zero-order valence-electron chi connectivity index (χ0n) is 13.7.